The molecule has 3 heteroatoms. The van der Waals surface area contributed by atoms with Gasteiger partial charge < -0.3 is 10.2 Å². The first-order valence-electron chi connectivity index (χ1n) is 6.12. The molecule has 1 N–H and O–H groups in total. The minimum atomic E-state index is 0.0931. The van der Waals surface area contributed by atoms with Crippen molar-refractivity contribution in [1.82, 2.24) is 10.2 Å². The van der Waals surface area contributed by atoms with E-state index in [-0.39, 0.29) is 6.03 Å². The summed E-state index contributed by atoms with van der Waals surface area (Å²) in [6.07, 6.45) is 6.22. The van der Waals surface area contributed by atoms with Gasteiger partial charge in [-0.25, -0.2) is 4.79 Å². The monoisotopic (exact) mass is 212 g/mol. The Labute approximate surface area is 93.2 Å². The third-order valence-electron chi connectivity index (χ3n) is 3.10. The SMILES string of the molecule is CC(C)CNC(=O)N(C)C1CCCCC1. The molecule has 0 radical (unpaired) electrons. The third-order valence-corrected chi connectivity index (χ3v) is 3.10. The summed E-state index contributed by atoms with van der Waals surface area (Å²) in [7, 11) is 1.92. The largest absolute Gasteiger partial charge is 0.338 e. The molecule has 0 heterocycles. The predicted molar refractivity (Wildman–Crippen MR) is 62.9 cm³/mol. The fourth-order valence-corrected chi connectivity index (χ4v) is 2.05. The van der Waals surface area contributed by atoms with Crippen LogP contribution in [0, 0.1) is 5.92 Å². The van der Waals surface area contributed by atoms with Crippen LogP contribution in [0.4, 0.5) is 4.79 Å². The van der Waals surface area contributed by atoms with Crippen molar-refractivity contribution in [2.45, 2.75) is 52.0 Å². The van der Waals surface area contributed by atoms with E-state index in [2.05, 4.69) is 19.2 Å². The zero-order valence-electron chi connectivity index (χ0n) is 10.3. The Hall–Kier alpha value is -0.730. The van der Waals surface area contributed by atoms with E-state index in [0.29, 0.717) is 12.0 Å². The fourth-order valence-electron chi connectivity index (χ4n) is 2.05. The lowest BCUT2D eigenvalue weighted by molar-refractivity contribution is 0.172. The number of hydrogen-bond acceptors (Lipinski definition) is 1. The van der Waals surface area contributed by atoms with Crippen molar-refractivity contribution in [2.24, 2.45) is 5.92 Å². The van der Waals surface area contributed by atoms with Crippen molar-refractivity contribution in [2.75, 3.05) is 13.6 Å². The third kappa shape index (κ3) is 4.10. The summed E-state index contributed by atoms with van der Waals surface area (Å²) in [5.41, 5.74) is 0. The summed E-state index contributed by atoms with van der Waals surface area (Å²) in [6, 6.07) is 0.557. The first-order chi connectivity index (χ1) is 7.11. The van der Waals surface area contributed by atoms with Crippen LogP contribution in [-0.2, 0) is 0 Å². The molecule has 0 unspecified atom stereocenters. The second-order valence-corrected chi connectivity index (χ2v) is 4.98. The molecule has 0 atom stereocenters. The zero-order valence-corrected chi connectivity index (χ0v) is 10.3. The molecule has 0 saturated heterocycles. The van der Waals surface area contributed by atoms with Crippen molar-refractivity contribution in [3.05, 3.63) is 0 Å². The number of rotatable bonds is 3. The highest BCUT2D eigenvalue weighted by molar-refractivity contribution is 5.74. The van der Waals surface area contributed by atoms with E-state index < -0.39 is 0 Å². The van der Waals surface area contributed by atoms with Gasteiger partial charge in [0.25, 0.3) is 0 Å². The van der Waals surface area contributed by atoms with Gasteiger partial charge in [-0.3, -0.25) is 0 Å². The Morgan fingerprint density at radius 2 is 1.93 bits per heavy atom. The highest BCUT2D eigenvalue weighted by atomic mass is 16.2. The molecule has 15 heavy (non-hydrogen) atoms. The topological polar surface area (TPSA) is 32.3 Å². The van der Waals surface area contributed by atoms with Gasteiger partial charge in [0.05, 0.1) is 0 Å². The van der Waals surface area contributed by atoms with Crippen LogP contribution in [0.3, 0.4) is 0 Å². The van der Waals surface area contributed by atoms with E-state index in [1.807, 2.05) is 11.9 Å². The number of amides is 2. The Bertz CT molecular complexity index is 198. The van der Waals surface area contributed by atoms with Crippen LogP contribution in [0.2, 0.25) is 0 Å². The van der Waals surface area contributed by atoms with Crippen molar-refractivity contribution in [3.8, 4) is 0 Å². The van der Waals surface area contributed by atoms with E-state index >= 15 is 0 Å². The highest BCUT2D eigenvalue weighted by Crippen LogP contribution is 2.21. The maximum absolute atomic E-state index is 11.8. The van der Waals surface area contributed by atoms with Gasteiger partial charge >= 0.3 is 6.03 Å². The lowest BCUT2D eigenvalue weighted by Crippen LogP contribution is -2.45. The quantitative estimate of drug-likeness (QED) is 0.766. The Kier molecular flexibility index (Phi) is 4.92. The highest BCUT2D eigenvalue weighted by Gasteiger charge is 2.21. The molecule has 1 aliphatic rings. The molecule has 2 amide bonds. The number of carbonyl (C=O) groups is 1. The van der Waals surface area contributed by atoms with Crippen molar-refractivity contribution in [3.63, 3.8) is 0 Å². The molecular formula is C12H24N2O. The van der Waals surface area contributed by atoms with Crippen LogP contribution >= 0.6 is 0 Å². The van der Waals surface area contributed by atoms with Crippen molar-refractivity contribution >= 4 is 6.03 Å². The maximum Gasteiger partial charge on any atom is 0.317 e. The molecule has 3 nitrogen and oxygen atoms in total. The predicted octanol–water partition coefficient (Wildman–Crippen LogP) is 2.62. The number of nitrogens with one attached hydrogen (secondary N) is 1. The lowest BCUT2D eigenvalue weighted by Gasteiger charge is -2.31. The van der Waals surface area contributed by atoms with Crippen LogP contribution in [0.5, 0.6) is 0 Å². The molecule has 0 aliphatic heterocycles. The average molecular weight is 212 g/mol. The molecular weight excluding hydrogens is 188 g/mol. The zero-order chi connectivity index (χ0) is 11.3. The fraction of sp³-hybridized carbons (Fsp3) is 0.917. The van der Waals surface area contributed by atoms with Gasteiger partial charge in [0.2, 0.25) is 0 Å². The minimum Gasteiger partial charge on any atom is -0.338 e. The molecule has 0 aromatic rings. The van der Waals surface area contributed by atoms with Gasteiger partial charge in [-0.1, -0.05) is 33.1 Å². The lowest BCUT2D eigenvalue weighted by atomic mass is 9.95. The number of hydrogen-bond donors (Lipinski definition) is 1. The van der Waals surface area contributed by atoms with Crippen molar-refractivity contribution in [1.29, 1.82) is 0 Å². The first-order valence-corrected chi connectivity index (χ1v) is 6.12. The van der Waals surface area contributed by atoms with E-state index in [1.54, 1.807) is 0 Å². The second-order valence-electron chi connectivity index (χ2n) is 4.98. The van der Waals surface area contributed by atoms with Gasteiger partial charge in [-0.05, 0) is 18.8 Å². The Morgan fingerprint density at radius 1 is 1.33 bits per heavy atom. The van der Waals surface area contributed by atoms with Gasteiger partial charge in [-0.2, -0.15) is 0 Å². The van der Waals surface area contributed by atoms with E-state index in [1.165, 1.54) is 32.1 Å². The molecule has 1 aliphatic carbocycles. The van der Waals surface area contributed by atoms with Crippen LogP contribution in [0.1, 0.15) is 46.0 Å². The second kappa shape index (κ2) is 5.99. The summed E-state index contributed by atoms with van der Waals surface area (Å²) < 4.78 is 0. The van der Waals surface area contributed by atoms with Crippen LogP contribution in [-0.4, -0.2) is 30.6 Å². The molecule has 0 bridgehead atoms. The molecule has 88 valence electrons. The number of nitrogens with zero attached hydrogens (tertiary/aromatic N) is 1. The first kappa shape index (κ1) is 12.3. The van der Waals surface area contributed by atoms with Gasteiger partial charge in [0.15, 0.2) is 0 Å². The number of carbonyl (C=O) groups excluding carboxylic acids is 1. The Balaban J connectivity index is 2.30. The molecule has 0 spiro atoms. The molecule has 1 rings (SSSR count). The summed E-state index contributed by atoms with van der Waals surface area (Å²) in [5, 5.41) is 2.97. The normalized spacial score (nSPS) is 17.9. The number of urea groups is 1. The maximum atomic E-state index is 11.8. The van der Waals surface area contributed by atoms with Gasteiger partial charge in [0, 0.05) is 19.6 Å². The minimum absolute atomic E-state index is 0.0931. The van der Waals surface area contributed by atoms with Crippen molar-refractivity contribution < 1.29 is 4.79 Å². The average Bonchev–Trinajstić information content (AvgIpc) is 2.26. The van der Waals surface area contributed by atoms with Crippen LogP contribution in [0.25, 0.3) is 0 Å². The summed E-state index contributed by atoms with van der Waals surface area (Å²) in [4.78, 5) is 13.7. The molecule has 1 fully saturated rings. The van der Waals surface area contributed by atoms with E-state index in [4.69, 9.17) is 0 Å². The van der Waals surface area contributed by atoms with Crippen LogP contribution < -0.4 is 5.32 Å². The van der Waals surface area contributed by atoms with Crippen LogP contribution in [0.15, 0.2) is 0 Å². The molecule has 0 aromatic carbocycles. The van der Waals surface area contributed by atoms with Gasteiger partial charge in [-0.15, -0.1) is 0 Å². The van der Waals surface area contributed by atoms with Gasteiger partial charge in [0.1, 0.15) is 0 Å². The summed E-state index contributed by atoms with van der Waals surface area (Å²) in [6.45, 7) is 5.00. The van der Waals surface area contributed by atoms with E-state index in [9.17, 15) is 4.79 Å². The standard InChI is InChI=1S/C12H24N2O/c1-10(2)9-13-12(15)14(3)11-7-5-4-6-8-11/h10-11H,4-9H2,1-3H3,(H,13,15). The summed E-state index contributed by atoms with van der Waals surface area (Å²) in [5.74, 6) is 0.522. The Morgan fingerprint density at radius 3 is 2.47 bits per heavy atom. The van der Waals surface area contributed by atoms with E-state index in [0.717, 1.165) is 6.54 Å². The smallest absolute Gasteiger partial charge is 0.317 e. The summed E-state index contributed by atoms with van der Waals surface area (Å²) >= 11 is 0. The molecule has 0 aromatic heterocycles. The molecule has 1 saturated carbocycles.